The summed E-state index contributed by atoms with van der Waals surface area (Å²) in [7, 11) is 0. The van der Waals surface area contributed by atoms with E-state index >= 15 is 0 Å². The summed E-state index contributed by atoms with van der Waals surface area (Å²) in [6, 6.07) is 8.37. The highest BCUT2D eigenvalue weighted by Crippen LogP contribution is 2.26. The second kappa shape index (κ2) is 5.88. The first kappa shape index (κ1) is 14.3. The average Bonchev–Trinajstić information content (AvgIpc) is 2.38. The number of phenols is 3. The van der Waals surface area contributed by atoms with Crippen LogP contribution in [0.1, 0.15) is 18.1 Å². The maximum Gasteiger partial charge on any atom is 0.308 e. The summed E-state index contributed by atoms with van der Waals surface area (Å²) in [6.07, 6.45) is 0. The summed E-state index contributed by atoms with van der Waals surface area (Å²) in [5, 5.41) is 28.4. The Morgan fingerprint density at radius 3 is 2.14 bits per heavy atom. The molecule has 0 unspecified atom stereocenters. The summed E-state index contributed by atoms with van der Waals surface area (Å²) < 4.78 is 4.79. The van der Waals surface area contributed by atoms with Crippen molar-refractivity contribution in [3.63, 3.8) is 0 Å². The van der Waals surface area contributed by atoms with Crippen LogP contribution in [0.4, 0.5) is 0 Å². The van der Waals surface area contributed by atoms with Crippen LogP contribution in [0.25, 0.3) is 0 Å². The quantitative estimate of drug-likeness (QED) is 0.424. The van der Waals surface area contributed by atoms with Gasteiger partial charge >= 0.3 is 5.97 Å². The van der Waals surface area contributed by atoms with Gasteiger partial charge in [0.1, 0.15) is 11.5 Å². The van der Waals surface area contributed by atoms with Crippen molar-refractivity contribution in [3.8, 4) is 34.8 Å². The van der Waals surface area contributed by atoms with Crippen LogP contribution in [0.15, 0.2) is 36.4 Å². The summed E-state index contributed by atoms with van der Waals surface area (Å²) >= 11 is 0. The van der Waals surface area contributed by atoms with Gasteiger partial charge in [0.25, 0.3) is 0 Å². The van der Waals surface area contributed by atoms with Crippen molar-refractivity contribution in [2.24, 2.45) is 0 Å². The van der Waals surface area contributed by atoms with Gasteiger partial charge in [-0.05, 0) is 30.3 Å². The first-order chi connectivity index (χ1) is 9.94. The molecule has 2 aromatic rings. The molecule has 5 nitrogen and oxygen atoms in total. The molecule has 106 valence electrons. The third kappa shape index (κ3) is 3.91. The number of carbonyl (C=O) groups is 1. The van der Waals surface area contributed by atoms with Gasteiger partial charge in [-0.2, -0.15) is 0 Å². The largest absolute Gasteiger partial charge is 0.508 e. The van der Waals surface area contributed by atoms with E-state index in [1.807, 2.05) is 0 Å². The van der Waals surface area contributed by atoms with Gasteiger partial charge < -0.3 is 20.1 Å². The molecule has 21 heavy (non-hydrogen) atoms. The second-order valence-electron chi connectivity index (χ2n) is 4.26. The predicted molar refractivity (Wildman–Crippen MR) is 75.2 cm³/mol. The minimum atomic E-state index is -0.528. The Hall–Kier alpha value is -3.13. The van der Waals surface area contributed by atoms with E-state index in [0.29, 0.717) is 11.1 Å². The Kier molecular flexibility index (Phi) is 4.00. The maximum atomic E-state index is 10.8. The van der Waals surface area contributed by atoms with E-state index in [2.05, 4.69) is 11.8 Å². The molecule has 5 heteroatoms. The van der Waals surface area contributed by atoms with Gasteiger partial charge in [0.2, 0.25) is 0 Å². The SMILES string of the molecule is CC(=O)Oc1ccc(C#Cc2cc(O)cc(O)c2)cc1O. The third-order valence-electron chi connectivity index (χ3n) is 2.47. The summed E-state index contributed by atoms with van der Waals surface area (Å²) in [5.74, 6) is 4.66. The average molecular weight is 284 g/mol. The fourth-order valence-electron chi connectivity index (χ4n) is 1.65. The van der Waals surface area contributed by atoms with Crippen molar-refractivity contribution in [1.82, 2.24) is 0 Å². The zero-order chi connectivity index (χ0) is 15.4. The lowest BCUT2D eigenvalue weighted by atomic mass is 10.1. The van der Waals surface area contributed by atoms with Crippen LogP contribution in [0, 0.1) is 11.8 Å². The van der Waals surface area contributed by atoms with Crippen LogP contribution >= 0.6 is 0 Å². The number of hydrogen-bond donors (Lipinski definition) is 3. The minimum Gasteiger partial charge on any atom is -0.508 e. The van der Waals surface area contributed by atoms with E-state index in [0.717, 1.165) is 0 Å². The molecule has 0 aromatic heterocycles. The lowest BCUT2D eigenvalue weighted by Gasteiger charge is -2.03. The molecule has 0 bridgehead atoms. The number of benzene rings is 2. The first-order valence-corrected chi connectivity index (χ1v) is 6.00. The Morgan fingerprint density at radius 1 is 0.952 bits per heavy atom. The van der Waals surface area contributed by atoms with Crippen molar-refractivity contribution in [1.29, 1.82) is 0 Å². The van der Waals surface area contributed by atoms with Gasteiger partial charge in [0, 0.05) is 24.1 Å². The fraction of sp³-hybridized carbons (Fsp3) is 0.0625. The molecule has 0 aliphatic rings. The second-order valence-corrected chi connectivity index (χ2v) is 4.26. The number of esters is 1. The highest BCUT2D eigenvalue weighted by atomic mass is 16.5. The number of hydrogen-bond acceptors (Lipinski definition) is 5. The number of phenolic OH excluding ortho intramolecular Hbond substituents is 3. The van der Waals surface area contributed by atoms with Crippen molar-refractivity contribution < 1.29 is 24.9 Å². The molecular formula is C16H12O5. The van der Waals surface area contributed by atoms with Gasteiger partial charge in [0.05, 0.1) is 0 Å². The van der Waals surface area contributed by atoms with Gasteiger partial charge in [-0.1, -0.05) is 11.8 Å². The third-order valence-corrected chi connectivity index (χ3v) is 2.47. The lowest BCUT2D eigenvalue weighted by molar-refractivity contribution is -0.132. The summed E-state index contributed by atoms with van der Waals surface area (Å²) in [5.41, 5.74) is 0.919. The van der Waals surface area contributed by atoms with E-state index in [-0.39, 0.29) is 23.0 Å². The fourth-order valence-corrected chi connectivity index (χ4v) is 1.65. The molecule has 0 saturated carbocycles. The zero-order valence-corrected chi connectivity index (χ0v) is 11.1. The number of carbonyl (C=O) groups excluding carboxylic acids is 1. The van der Waals surface area contributed by atoms with Gasteiger partial charge in [-0.15, -0.1) is 0 Å². The maximum absolute atomic E-state index is 10.8. The Morgan fingerprint density at radius 2 is 1.57 bits per heavy atom. The molecule has 0 spiro atoms. The molecule has 3 N–H and O–H groups in total. The van der Waals surface area contributed by atoms with Gasteiger partial charge in [0.15, 0.2) is 11.5 Å². The Labute approximate surface area is 121 Å². The van der Waals surface area contributed by atoms with Crippen molar-refractivity contribution in [3.05, 3.63) is 47.5 Å². The van der Waals surface area contributed by atoms with Crippen LogP contribution in [-0.4, -0.2) is 21.3 Å². The number of rotatable bonds is 1. The van der Waals surface area contributed by atoms with Crippen LogP contribution in [0.5, 0.6) is 23.0 Å². The van der Waals surface area contributed by atoms with Crippen LogP contribution in [-0.2, 0) is 4.79 Å². The van der Waals surface area contributed by atoms with Crippen LogP contribution in [0.2, 0.25) is 0 Å². The molecule has 0 saturated heterocycles. The van der Waals surface area contributed by atoms with E-state index in [4.69, 9.17) is 4.74 Å². The molecule has 0 fully saturated rings. The Bertz CT molecular complexity index is 733. The first-order valence-electron chi connectivity index (χ1n) is 6.00. The summed E-state index contributed by atoms with van der Waals surface area (Å²) in [6.45, 7) is 1.24. The molecule has 0 atom stereocenters. The number of ether oxygens (including phenoxy) is 1. The molecule has 0 amide bonds. The monoisotopic (exact) mass is 284 g/mol. The smallest absolute Gasteiger partial charge is 0.308 e. The van der Waals surface area contributed by atoms with Crippen molar-refractivity contribution >= 4 is 5.97 Å². The predicted octanol–water partition coefficient (Wildman–Crippen LogP) is 2.13. The van der Waals surface area contributed by atoms with Crippen molar-refractivity contribution in [2.45, 2.75) is 6.92 Å². The molecular weight excluding hydrogens is 272 g/mol. The normalized spacial score (nSPS) is 9.57. The summed E-state index contributed by atoms with van der Waals surface area (Å²) in [4.78, 5) is 10.8. The molecule has 2 aromatic carbocycles. The Balaban J connectivity index is 2.26. The number of aromatic hydroxyl groups is 3. The molecule has 0 radical (unpaired) electrons. The molecule has 0 aliphatic carbocycles. The highest BCUT2D eigenvalue weighted by molar-refractivity contribution is 5.70. The van der Waals surface area contributed by atoms with Gasteiger partial charge in [-0.25, -0.2) is 0 Å². The van der Waals surface area contributed by atoms with Crippen molar-refractivity contribution in [2.75, 3.05) is 0 Å². The standard InChI is InChI=1S/C16H12O5/c1-10(17)21-16-5-4-11(8-15(16)20)2-3-12-6-13(18)9-14(19)7-12/h4-9,18-20H,1H3. The van der Waals surface area contributed by atoms with Gasteiger partial charge in [-0.3, -0.25) is 4.79 Å². The van der Waals surface area contributed by atoms with E-state index < -0.39 is 5.97 Å². The van der Waals surface area contributed by atoms with Crippen LogP contribution < -0.4 is 4.74 Å². The molecule has 0 aliphatic heterocycles. The lowest BCUT2D eigenvalue weighted by Crippen LogP contribution is -2.01. The molecule has 2 rings (SSSR count). The van der Waals surface area contributed by atoms with E-state index in [9.17, 15) is 20.1 Å². The van der Waals surface area contributed by atoms with E-state index in [1.165, 1.54) is 37.3 Å². The topological polar surface area (TPSA) is 87.0 Å². The van der Waals surface area contributed by atoms with Crippen LogP contribution in [0.3, 0.4) is 0 Å². The van der Waals surface area contributed by atoms with E-state index in [1.54, 1.807) is 6.07 Å². The highest BCUT2D eigenvalue weighted by Gasteiger charge is 2.05. The molecule has 0 heterocycles. The zero-order valence-electron chi connectivity index (χ0n) is 11.1. The minimum absolute atomic E-state index is 0.0584.